The van der Waals surface area contributed by atoms with Crippen LogP contribution in [0.15, 0.2) is 54.6 Å². The molecule has 0 amide bonds. The number of hydrogen-bond donors (Lipinski definition) is 1. The Labute approximate surface area is 145 Å². The Kier molecular flexibility index (Phi) is 4.91. The van der Waals surface area contributed by atoms with E-state index in [1.165, 1.54) is 7.05 Å². The van der Waals surface area contributed by atoms with Gasteiger partial charge in [-0.2, -0.15) is 12.7 Å². The van der Waals surface area contributed by atoms with E-state index in [9.17, 15) is 13.0 Å². The molecule has 0 saturated carbocycles. The van der Waals surface area contributed by atoms with Gasteiger partial charge in [0, 0.05) is 23.2 Å². The summed E-state index contributed by atoms with van der Waals surface area (Å²) in [6, 6.07) is 16.1. The zero-order valence-electron chi connectivity index (χ0n) is 12.7. The van der Waals surface area contributed by atoms with Crippen LogP contribution in [0, 0.1) is 0 Å². The van der Waals surface area contributed by atoms with Crippen LogP contribution in [0.5, 0.6) is 0 Å². The van der Waals surface area contributed by atoms with Gasteiger partial charge in [-0.1, -0.05) is 60.1 Å². The second-order valence-corrected chi connectivity index (χ2v) is 7.22. The van der Waals surface area contributed by atoms with Gasteiger partial charge in [-0.15, -0.1) is 0 Å². The quantitative estimate of drug-likeness (QED) is 0.837. The van der Waals surface area contributed by atoms with Crippen LogP contribution >= 0.6 is 11.6 Å². The smallest absolute Gasteiger partial charge is 0.336 e. The van der Waals surface area contributed by atoms with Gasteiger partial charge < -0.3 is 9.47 Å². The van der Waals surface area contributed by atoms with Crippen LogP contribution in [-0.2, 0) is 19.8 Å². The highest BCUT2D eigenvalue weighted by Gasteiger charge is 2.44. The first kappa shape index (κ1) is 17.3. The molecule has 1 aliphatic rings. The second-order valence-electron chi connectivity index (χ2n) is 5.34. The minimum Gasteiger partial charge on any atom is -0.336 e. The number of ether oxygens (including phenoxy) is 2. The first-order valence-electron chi connectivity index (χ1n) is 7.18. The van der Waals surface area contributed by atoms with E-state index in [0.717, 1.165) is 9.87 Å². The highest BCUT2D eigenvalue weighted by atomic mass is 35.5. The number of hydrogen-bond acceptors (Lipinski definition) is 4. The van der Waals surface area contributed by atoms with Crippen LogP contribution in [0.25, 0.3) is 0 Å². The Bertz CT molecular complexity index is 814. The molecule has 3 rings (SSSR count). The predicted octanol–water partition coefficient (Wildman–Crippen LogP) is 3.19. The third-order valence-corrected chi connectivity index (χ3v) is 5.08. The van der Waals surface area contributed by atoms with E-state index >= 15 is 0 Å². The summed E-state index contributed by atoms with van der Waals surface area (Å²) in [5.41, 5.74) is 1.32. The molecule has 0 spiro atoms. The van der Waals surface area contributed by atoms with Gasteiger partial charge in [-0.3, -0.25) is 4.55 Å². The Balaban J connectivity index is 1.99. The summed E-state index contributed by atoms with van der Waals surface area (Å²) in [5.74, 6) is 0. The van der Waals surface area contributed by atoms with E-state index < -0.39 is 28.9 Å². The predicted molar refractivity (Wildman–Crippen MR) is 88.6 cm³/mol. The molecule has 8 heteroatoms. The molecule has 0 aromatic heterocycles. The van der Waals surface area contributed by atoms with Gasteiger partial charge in [-0.25, -0.2) is 0 Å². The third-order valence-electron chi connectivity index (χ3n) is 3.80. The lowest BCUT2D eigenvalue weighted by atomic mass is 10.1. The van der Waals surface area contributed by atoms with E-state index in [1.54, 1.807) is 24.3 Å². The Morgan fingerprint density at radius 3 is 2.29 bits per heavy atom. The molecule has 0 bridgehead atoms. The zero-order valence-corrected chi connectivity index (χ0v) is 14.3. The molecule has 3 atom stereocenters. The number of benzene rings is 2. The molecule has 1 saturated heterocycles. The highest BCUT2D eigenvalue weighted by molar-refractivity contribution is 7.83. The van der Waals surface area contributed by atoms with Crippen molar-refractivity contribution >= 4 is 21.9 Å². The van der Waals surface area contributed by atoms with Gasteiger partial charge >= 0.3 is 10.3 Å². The fraction of sp³-hybridized carbons (Fsp3) is 0.250. The van der Waals surface area contributed by atoms with Crippen LogP contribution in [0.4, 0.5) is 0 Å². The van der Waals surface area contributed by atoms with E-state index in [4.69, 9.17) is 21.1 Å². The van der Waals surface area contributed by atoms with Crippen molar-refractivity contribution in [1.29, 1.82) is 0 Å². The molecule has 0 radical (unpaired) electrons. The van der Waals surface area contributed by atoms with E-state index in [1.807, 2.05) is 30.3 Å². The lowest BCUT2D eigenvalue weighted by molar-refractivity contribution is -0.0809. The maximum absolute atomic E-state index is 11.5. The number of halogens is 1. The molecule has 1 aliphatic heterocycles. The van der Waals surface area contributed by atoms with Crippen molar-refractivity contribution in [3.8, 4) is 0 Å². The summed E-state index contributed by atoms with van der Waals surface area (Å²) in [6.07, 6.45) is -2.61. The molecule has 3 unspecified atom stereocenters. The number of likely N-dealkylation sites (N-methyl/N-ethyl adjacent to an activating group) is 1. The van der Waals surface area contributed by atoms with E-state index in [0.29, 0.717) is 10.6 Å². The molecule has 6 nitrogen and oxygen atoms in total. The van der Waals surface area contributed by atoms with Crippen LogP contribution in [-0.4, -0.2) is 30.6 Å². The third kappa shape index (κ3) is 3.46. The minimum absolute atomic E-state index is 0.425. The average Bonchev–Trinajstić information content (AvgIpc) is 2.99. The molecular formula is C16H16ClNO5S. The molecule has 0 aliphatic carbocycles. The summed E-state index contributed by atoms with van der Waals surface area (Å²) >= 11 is 6.22. The molecule has 24 heavy (non-hydrogen) atoms. The largest absolute Gasteiger partial charge is 0.337 e. The van der Waals surface area contributed by atoms with Crippen molar-refractivity contribution in [1.82, 2.24) is 4.31 Å². The first-order valence-corrected chi connectivity index (χ1v) is 8.96. The van der Waals surface area contributed by atoms with Gasteiger partial charge in [0.1, 0.15) is 6.10 Å². The second kappa shape index (κ2) is 6.79. The minimum atomic E-state index is -4.46. The molecule has 1 N–H and O–H groups in total. The van der Waals surface area contributed by atoms with Gasteiger partial charge in [0.2, 0.25) is 0 Å². The summed E-state index contributed by atoms with van der Waals surface area (Å²) in [5, 5.41) is 0.425. The zero-order chi connectivity index (χ0) is 17.3. The summed E-state index contributed by atoms with van der Waals surface area (Å²) in [4.78, 5) is 0. The van der Waals surface area contributed by atoms with E-state index in [-0.39, 0.29) is 0 Å². The first-order chi connectivity index (χ1) is 11.4. The van der Waals surface area contributed by atoms with Crippen molar-refractivity contribution in [2.75, 3.05) is 7.05 Å². The van der Waals surface area contributed by atoms with Crippen molar-refractivity contribution < 1.29 is 22.4 Å². The van der Waals surface area contributed by atoms with Crippen LogP contribution in [0.1, 0.15) is 23.5 Å². The average molecular weight is 370 g/mol. The topological polar surface area (TPSA) is 76.1 Å². The molecule has 2 aromatic rings. The van der Waals surface area contributed by atoms with Gasteiger partial charge in [0.15, 0.2) is 12.5 Å². The summed E-state index contributed by atoms with van der Waals surface area (Å²) in [6.45, 7) is 0. The van der Waals surface area contributed by atoms with Crippen LogP contribution in [0.3, 0.4) is 0 Å². The summed E-state index contributed by atoms with van der Waals surface area (Å²) in [7, 11) is -3.24. The molecular weight excluding hydrogens is 354 g/mol. The highest BCUT2D eigenvalue weighted by Crippen LogP contribution is 2.43. The van der Waals surface area contributed by atoms with Crippen molar-refractivity contribution in [3.63, 3.8) is 0 Å². The SMILES string of the molecule is CN(C1OC(c2ccccc2)OC1c1ccccc1Cl)S(=O)(=O)O. The van der Waals surface area contributed by atoms with Gasteiger partial charge in [0.25, 0.3) is 0 Å². The maximum Gasteiger partial charge on any atom is 0.337 e. The van der Waals surface area contributed by atoms with Crippen molar-refractivity contribution in [2.45, 2.75) is 18.6 Å². The standard InChI is InChI=1S/C16H16ClNO5S/c1-18(24(19,20)21)15-14(12-9-5-6-10-13(12)17)22-16(23-15)11-7-3-2-4-8-11/h2-10,14-16H,1H3,(H,19,20,21). The Hall–Kier alpha value is -1.48. The molecule has 1 heterocycles. The van der Waals surface area contributed by atoms with E-state index in [2.05, 4.69) is 0 Å². The van der Waals surface area contributed by atoms with Crippen LogP contribution in [0.2, 0.25) is 5.02 Å². The van der Waals surface area contributed by atoms with Crippen LogP contribution < -0.4 is 0 Å². The fourth-order valence-electron chi connectivity index (χ4n) is 2.54. The normalized spacial score (nSPS) is 24.4. The van der Waals surface area contributed by atoms with Crippen molar-refractivity contribution in [2.24, 2.45) is 0 Å². The molecule has 2 aromatic carbocycles. The summed E-state index contributed by atoms with van der Waals surface area (Å²) < 4.78 is 44.8. The molecule has 128 valence electrons. The number of nitrogens with zero attached hydrogens (tertiary/aromatic N) is 1. The van der Waals surface area contributed by atoms with Gasteiger partial charge in [0.05, 0.1) is 0 Å². The Morgan fingerprint density at radius 2 is 1.67 bits per heavy atom. The lowest BCUT2D eigenvalue weighted by Gasteiger charge is -2.24. The Morgan fingerprint density at radius 1 is 1.04 bits per heavy atom. The maximum atomic E-state index is 11.5. The fourth-order valence-corrected chi connectivity index (χ4v) is 3.20. The van der Waals surface area contributed by atoms with Crippen molar-refractivity contribution in [3.05, 3.63) is 70.7 Å². The monoisotopic (exact) mass is 369 g/mol. The van der Waals surface area contributed by atoms with Gasteiger partial charge in [-0.05, 0) is 6.07 Å². The number of rotatable bonds is 4. The molecule has 1 fully saturated rings. The lowest BCUT2D eigenvalue weighted by Crippen LogP contribution is -2.39.